The third kappa shape index (κ3) is 10.5. The van der Waals surface area contributed by atoms with Gasteiger partial charge in [0.25, 0.3) is 0 Å². The number of amides is 2. The van der Waals surface area contributed by atoms with Crippen LogP contribution in [0, 0.1) is 0 Å². The molecule has 0 unspecified atom stereocenters. The van der Waals surface area contributed by atoms with E-state index in [0.717, 1.165) is 12.8 Å². The fourth-order valence-electron chi connectivity index (χ4n) is 0.481. The van der Waals surface area contributed by atoms with Crippen molar-refractivity contribution in [2.24, 2.45) is 11.5 Å². The lowest BCUT2D eigenvalue weighted by Crippen LogP contribution is -3.00. The Bertz CT molecular complexity index is 89.0. The Hall–Kier alpha value is -0.480. The van der Waals surface area contributed by atoms with Crippen LogP contribution in [0.4, 0.5) is 4.79 Å². The van der Waals surface area contributed by atoms with Gasteiger partial charge >= 0.3 is 6.03 Å². The fourth-order valence-corrected chi connectivity index (χ4v) is 0.481. The maximum Gasteiger partial charge on any atom is 0.312 e. The zero-order valence-electron chi connectivity index (χ0n) is 5.77. The number of unbranched alkanes of at least 4 members (excludes halogenated alkanes) is 1. The summed E-state index contributed by atoms with van der Waals surface area (Å²) in [7, 11) is 0. The van der Waals surface area contributed by atoms with Gasteiger partial charge in [-0.1, -0.05) is 0 Å². The van der Waals surface area contributed by atoms with E-state index in [2.05, 4.69) is 5.32 Å². The van der Waals surface area contributed by atoms with E-state index < -0.39 is 6.03 Å². The summed E-state index contributed by atoms with van der Waals surface area (Å²) in [4.78, 5) is 10.0. The summed E-state index contributed by atoms with van der Waals surface area (Å²) in [6.07, 6.45) is 1.83. The molecular weight excluding hydrogens is 154 g/mol. The van der Waals surface area contributed by atoms with Crippen LogP contribution in [0.3, 0.4) is 0 Å². The summed E-state index contributed by atoms with van der Waals surface area (Å²) < 4.78 is 0. The molecule has 2 amide bonds. The minimum absolute atomic E-state index is 0. The molecule has 0 bridgehead atoms. The number of carbonyl (C=O) groups is 1. The molecule has 0 aliphatic rings. The predicted molar refractivity (Wildman–Crippen MR) is 35.9 cm³/mol. The highest BCUT2D eigenvalue weighted by Gasteiger charge is 1.88. The van der Waals surface area contributed by atoms with Gasteiger partial charge in [-0.2, -0.15) is 0 Å². The van der Waals surface area contributed by atoms with Gasteiger partial charge in [-0.15, -0.1) is 0 Å². The standard InChI is InChI=1S/C5H13N3O.ClH/c6-3-1-2-4-8-5(7)9;/h1-4,6H2,(H3,7,8,9);1H/p-1. The molecule has 4 nitrogen and oxygen atoms in total. The van der Waals surface area contributed by atoms with Crippen molar-refractivity contribution in [1.82, 2.24) is 5.32 Å². The van der Waals surface area contributed by atoms with Crippen molar-refractivity contribution in [3.63, 3.8) is 0 Å². The number of urea groups is 1. The molecule has 0 fully saturated rings. The first-order valence-corrected chi connectivity index (χ1v) is 3.00. The first-order valence-electron chi connectivity index (χ1n) is 3.00. The molecule has 0 radical (unpaired) electrons. The zero-order valence-corrected chi connectivity index (χ0v) is 6.53. The van der Waals surface area contributed by atoms with Gasteiger partial charge in [-0.05, 0) is 19.4 Å². The Balaban J connectivity index is 0. The van der Waals surface area contributed by atoms with Gasteiger partial charge in [-0.3, -0.25) is 0 Å². The van der Waals surface area contributed by atoms with E-state index in [0.29, 0.717) is 13.1 Å². The second-order valence-electron chi connectivity index (χ2n) is 1.79. The minimum Gasteiger partial charge on any atom is -1.00 e. The van der Waals surface area contributed by atoms with Gasteiger partial charge in [0, 0.05) is 6.54 Å². The maximum absolute atomic E-state index is 10.0. The van der Waals surface area contributed by atoms with Crippen LogP contribution in [0.25, 0.3) is 0 Å². The Kier molecular flexibility index (Phi) is 10.4. The Morgan fingerprint density at radius 1 is 1.40 bits per heavy atom. The van der Waals surface area contributed by atoms with E-state index in [1.807, 2.05) is 0 Å². The van der Waals surface area contributed by atoms with Crippen LogP contribution in [0.2, 0.25) is 0 Å². The fraction of sp³-hybridized carbons (Fsp3) is 0.800. The molecule has 5 N–H and O–H groups in total. The summed E-state index contributed by atoms with van der Waals surface area (Å²) >= 11 is 0. The van der Waals surface area contributed by atoms with E-state index in [1.165, 1.54) is 0 Å². The van der Waals surface area contributed by atoms with Crippen molar-refractivity contribution in [3.05, 3.63) is 0 Å². The topological polar surface area (TPSA) is 81.1 Å². The average molecular weight is 167 g/mol. The van der Waals surface area contributed by atoms with E-state index in [-0.39, 0.29) is 12.4 Å². The van der Waals surface area contributed by atoms with Gasteiger partial charge in [0.1, 0.15) is 0 Å². The van der Waals surface area contributed by atoms with Gasteiger partial charge in [0.2, 0.25) is 0 Å². The number of halogens is 1. The predicted octanol–water partition coefficient (Wildman–Crippen LogP) is -3.60. The molecule has 0 atom stereocenters. The van der Waals surface area contributed by atoms with E-state index >= 15 is 0 Å². The molecule has 0 heterocycles. The largest absolute Gasteiger partial charge is 1.00 e. The van der Waals surface area contributed by atoms with Gasteiger partial charge < -0.3 is 29.2 Å². The molecule has 0 aromatic rings. The molecule has 10 heavy (non-hydrogen) atoms. The third-order valence-electron chi connectivity index (χ3n) is 0.930. The lowest BCUT2D eigenvalue weighted by atomic mass is 10.3. The number of nitrogens with one attached hydrogen (secondary N) is 1. The number of carbonyl (C=O) groups excluding carboxylic acids is 1. The number of rotatable bonds is 4. The van der Waals surface area contributed by atoms with Crippen molar-refractivity contribution in [1.29, 1.82) is 0 Å². The van der Waals surface area contributed by atoms with E-state index in [1.54, 1.807) is 0 Å². The molecule has 0 saturated carbocycles. The quantitative estimate of drug-likeness (QED) is 0.378. The molecular formula is C5H13ClN3O-. The normalized spacial score (nSPS) is 8.10. The number of hydrogen-bond donors (Lipinski definition) is 3. The van der Waals surface area contributed by atoms with Crippen LogP contribution in [-0.4, -0.2) is 19.1 Å². The van der Waals surface area contributed by atoms with E-state index in [9.17, 15) is 4.79 Å². The van der Waals surface area contributed by atoms with Crippen molar-refractivity contribution < 1.29 is 17.2 Å². The monoisotopic (exact) mass is 166 g/mol. The van der Waals surface area contributed by atoms with Crippen molar-refractivity contribution in [2.45, 2.75) is 12.8 Å². The van der Waals surface area contributed by atoms with Crippen LogP contribution in [0.5, 0.6) is 0 Å². The summed E-state index contributed by atoms with van der Waals surface area (Å²) in [5.41, 5.74) is 9.99. The maximum atomic E-state index is 10.0. The van der Waals surface area contributed by atoms with Crippen LogP contribution in [0.1, 0.15) is 12.8 Å². The van der Waals surface area contributed by atoms with Crippen LogP contribution in [0.15, 0.2) is 0 Å². The molecule has 0 rings (SSSR count). The van der Waals surface area contributed by atoms with Crippen molar-refractivity contribution >= 4 is 6.03 Å². The molecule has 0 aromatic heterocycles. The molecule has 0 spiro atoms. The zero-order chi connectivity index (χ0) is 7.11. The number of nitrogens with two attached hydrogens (primary N) is 2. The molecule has 5 heteroatoms. The SMILES string of the molecule is NCCCCNC(N)=O.[Cl-]. The summed E-state index contributed by atoms with van der Waals surface area (Å²) in [6, 6.07) is -0.466. The Morgan fingerprint density at radius 2 is 2.00 bits per heavy atom. The van der Waals surface area contributed by atoms with Crippen LogP contribution in [-0.2, 0) is 0 Å². The molecule has 62 valence electrons. The van der Waals surface area contributed by atoms with Gasteiger partial charge in [-0.25, -0.2) is 4.79 Å². The van der Waals surface area contributed by atoms with Crippen LogP contribution < -0.4 is 29.2 Å². The number of primary amides is 1. The van der Waals surface area contributed by atoms with Gasteiger partial charge in [0.05, 0.1) is 0 Å². The molecule has 0 aliphatic carbocycles. The minimum atomic E-state index is -0.466. The number of hydrogen-bond acceptors (Lipinski definition) is 2. The second kappa shape index (κ2) is 8.52. The van der Waals surface area contributed by atoms with Crippen molar-refractivity contribution in [2.75, 3.05) is 13.1 Å². The highest BCUT2D eigenvalue weighted by atomic mass is 35.5. The second-order valence-corrected chi connectivity index (χ2v) is 1.79. The molecule has 0 aliphatic heterocycles. The Labute approximate surface area is 66.7 Å². The van der Waals surface area contributed by atoms with Gasteiger partial charge in [0.15, 0.2) is 0 Å². The first kappa shape index (κ1) is 12.2. The van der Waals surface area contributed by atoms with E-state index in [4.69, 9.17) is 11.5 Å². The lowest BCUT2D eigenvalue weighted by molar-refractivity contribution is -0.00000556. The molecule has 0 saturated heterocycles. The third-order valence-corrected chi connectivity index (χ3v) is 0.930. The van der Waals surface area contributed by atoms with Crippen molar-refractivity contribution in [3.8, 4) is 0 Å². The van der Waals surface area contributed by atoms with Crippen LogP contribution >= 0.6 is 0 Å². The summed E-state index contributed by atoms with van der Waals surface area (Å²) in [6.45, 7) is 1.30. The lowest BCUT2D eigenvalue weighted by Gasteiger charge is -1.97. The molecule has 0 aromatic carbocycles. The smallest absolute Gasteiger partial charge is 0.312 e. The summed E-state index contributed by atoms with van der Waals surface area (Å²) in [5.74, 6) is 0. The summed E-state index contributed by atoms with van der Waals surface area (Å²) in [5, 5.41) is 2.46. The highest BCUT2D eigenvalue weighted by molar-refractivity contribution is 5.71. The first-order chi connectivity index (χ1) is 4.27. The Morgan fingerprint density at radius 3 is 2.40 bits per heavy atom. The average Bonchev–Trinajstić information content (AvgIpc) is 1.80. The highest BCUT2D eigenvalue weighted by Crippen LogP contribution is 1.80.